The van der Waals surface area contributed by atoms with Gasteiger partial charge in [0.1, 0.15) is 0 Å². The van der Waals surface area contributed by atoms with Gasteiger partial charge in [0.15, 0.2) is 16.4 Å². The minimum Gasteiger partial charge on any atom is -0.456 e. The number of esters is 1. The van der Waals surface area contributed by atoms with Crippen LogP contribution in [0, 0.1) is 0 Å². The zero-order chi connectivity index (χ0) is 18.3. The van der Waals surface area contributed by atoms with Crippen molar-refractivity contribution in [3.63, 3.8) is 0 Å². The third-order valence-electron chi connectivity index (χ3n) is 3.57. The van der Waals surface area contributed by atoms with E-state index in [1.54, 1.807) is 11.8 Å². The second-order valence-corrected chi connectivity index (χ2v) is 9.57. The zero-order valence-electron chi connectivity index (χ0n) is 13.6. The molecule has 1 fully saturated rings. The fraction of sp³-hybridized carbons (Fsp3) is 0.500. The molecule has 1 aliphatic heterocycles. The van der Waals surface area contributed by atoms with Gasteiger partial charge in [0.25, 0.3) is 5.91 Å². The average Bonchev–Trinajstić information content (AvgIpc) is 2.90. The van der Waals surface area contributed by atoms with Crippen LogP contribution in [0.25, 0.3) is 0 Å². The second-order valence-electron chi connectivity index (χ2n) is 5.73. The van der Waals surface area contributed by atoms with Crippen molar-refractivity contribution in [2.45, 2.75) is 30.2 Å². The summed E-state index contributed by atoms with van der Waals surface area (Å²) < 4.78 is 27.5. The van der Waals surface area contributed by atoms with Crippen LogP contribution < -0.4 is 5.32 Å². The molecule has 138 valence electrons. The van der Waals surface area contributed by atoms with E-state index in [4.69, 9.17) is 16.3 Å². The molecule has 1 unspecified atom stereocenters. The van der Waals surface area contributed by atoms with Gasteiger partial charge in [-0.1, -0.05) is 11.6 Å². The van der Waals surface area contributed by atoms with Gasteiger partial charge in [-0.25, -0.2) is 8.42 Å². The van der Waals surface area contributed by atoms with E-state index >= 15 is 0 Å². The van der Waals surface area contributed by atoms with E-state index in [0.717, 1.165) is 10.6 Å². The highest BCUT2D eigenvalue weighted by molar-refractivity contribution is 7.99. The normalized spacial score (nSPS) is 18.7. The third-order valence-corrected chi connectivity index (χ3v) is 6.69. The molecule has 1 aromatic carbocycles. The highest BCUT2D eigenvalue weighted by Crippen LogP contribution is 2.21. The number of thioether (sulfide) groups is 1. The van der Waals surface area contributed by atoms with E-state index in [1.807, 2.05) is 24.3 Å². The van der Waals surface area contributed by atoms with E-state index in [9.17, 15) is 18.0 Å². The SMILES string of the molecule is O=C(COC(=O)CCCSc1ccc(Cl)cc1)NC1CCS(=O)(=O)C1. The minimum atomic E-state index is -3.04. The van der Waals surface area contributed by atoms with Gasteiger partial charge in [0.2, 0.25) is 0 Å². The first-order valence-corrected chi connectivity index (χ1v) is 11.1. The van der Waals surface area contributed by atoms with Gasteiger partial charge in [-0.3, -0.25) is 9.59 Å². The Hall–Kier alpha value is -1.25. The lowest BCUT2D eigenvalue weighted by Crippen LogP contribution is -2.38. The maximum absolute atomic E-state index is 11.7. The van der Waals surface area contributed by atoms with Crippen LogP contribution in [0.5, 0.6) is 0 Å². The maximum Gasteiger partial charge on any atom is 0.306 e. The predicted octanol–water partition coefficient (Wildman–Crippen LogP) is 2.06. The molecular weight excluding hydrogens is 386 g/mol. The van der Waals surface area contributed by atoms with E-state index < -0.39 is 21.7 Å². The molecule has 1 amide bonds. The number of carbonyl (C=O) groups excluding carboxylic acids is 2. The predicted molar refractivity (Wildman–Crippen MR) is 97.6 cm³/mol. The monoisotopic (exact) mass is 405 g/mol. The summed E-state index contributed by atoms with van der Waals surface area (Å²) in [5.74, 6) is -0.114. The highest BCUT2D eigenvalue weighted by atomic mass is 35.5. The number of sulfone groups is 1. The largest absolute Gasteiger partial charge is 0.456 e. The number of halogens is 1. The Bertz CT molecular complexity index is 706. The Morgan fingerprint density at radius 2 is 2.00 bits per heavy atom. The lowest BCUT2D eigenvalue weighted by Gasteiger charge is -2.11. The molecule has 0 saturated carbocycles. The summed E-state index contributed by atoms with van der Waals surface area (Å²) in [4.78, 5) is 24.4. The van der Waals surface area contributed by atoms with E-state index in [0.29, 0.717) is 17.9 Å². The summed E-state index contributed by atoms with van der Waals surface area (Å²) in [7, 11) is -3.04. The van der Waals surface area contributed by atoms with Gasteiger partial charge in [0, 0.05) is 22.4 Å². The molecule has 25 heavy (non-hydrogen) atoms. The number of nitrogens with one attached hydrogen (secondary N) is 1. The van der Waals surface area contributed by atoms with Crippen LogP contribution in [0.2, 0.25) is 5.02 Å². The van der Waals surface area contributed by atoms with Crippen molar-refractivity contribution in [2.75, 3.05) is 23.9 Å². The van der Waals surface area contributed by atoms with Gasteiger partial charge in [-0.05, 0) is 42.9 Å². The lowest BCUT2D eigenvalue weighted by atomic mass is 10.2. The molecule has 1 atom stereocenters. The molecule has 1 heterocycles. The molecule has 1 N–H and O–H groups in total. The van der Waals surface area contributed by atoms with Crippen molar-refractivity contribution in [1.82, 2.24) is 5.32 Å². The number of rotatable bonds is 8. The summed E-state index contributed by atoms with van der Waals surface area (Å²) in [6, 6.07) is 7.07. The van der Waals surface area contributed by atoms with Crippen LogP contribution in [-0.4, -0.2) is 50.2 Å². The smallest absolute Gasteiger partial charge is 0.306 e. The average molecular weight is 406 g/mol. The number of hydrogen-bond donors (Lipinski definition) is 1. The number of hydrogen-bond acceptors (Lipinski definition) is 6. The lowest BCUT2D eigenvalue weighted by molar-refractivity contribution is -0.148. The number of amides is 1. The Balaban J connectivity index is 1.56. The first-order valence-electron chi connectivity index (χ1n) is 7.88. The molecule has 0 bridgehead atoms. The van der Waals surface area contributed by atoms with Gasteiger partial charge in [-0.2, -0.15) is 0 Å². The van der Waals surface area contributed by atoms with Gasteiger partial charge < -0.3 is 10.1 Å². The highest BCUT2D eigenvalue weighted by Gasteiger charge is 2.28. The first-order chi connectivity index (χ1) is 11.8. The van der Waals surface area contributed by atoms with Crippen LogP contribution in [0.15, 0.2) is 29.2 Å². The Morgan fingerprint density at radius 3 is 2.64 bits per heavy atom. The second kappa shape index (κ2) is 9.45. The number of ether oxygens (including phenoxy) is 1. The maximum atomic E-state index is 11.7. The summed E-state index contributed by atoms with van der Waals surface area (Å²) in [5, 5.41) is 3.25. The third kappa shape index (κ3) is 7.66. The van der Waals surface area contributed by atoms with Crippen LogP contribution in [0.4, 0.5) is 0 Å². The summed E-state index contributed by atoms with van der Waals surface area (Å²) in [5.41, 5.74) is 0. The van der Waals surface area contributed by atoms with Gasteiger partial charge in [0.05, 0.1) is 11.5 Å². The molecule has 1 aromatic rings. The Morgan fingerprint density at radius 1 is 1.28 bits per heavy atom. The summed E-state index contributed by atoms with van der Waals surface area (Å²) in [6.45, 7) is -0.375. The Labute approximate surface area is 156 Å². The van der Waals surface area contributed by atoms with Crippen molar-refractivity contribution in [2.24, 2.45) is 0 Å². The number of benzene rings is 1. The van der Waals surface area contributed by atoms with E-state index in [-0.39, 0.29) is 30.6 Å². The Kier molecular flexibility index (Phi) is 7.58. The van der Waals surface area contributed by atoms with Crippen molar-refractivity contribution < 1.29 is 22.7 Å². The van der Waals surface area contributed by atoms with Crippen molar-refractivity contribution in [1.29, 1.82) is 0 Å². The molecule has 0 aromatic heterocycles. The van der Waals surface area contributed by atoms with Crippen LogP contribution in [-0.2, 0) is 24.2 Å². The van der Waals surface area contributed by atoms with Gasteiger partial charge in [-0.15, -0.1) is 11.8 Å². The molecule has 1 saturated heterocycles. The fourth-order valence-electron chi connectivity index (χ4n) is 2.33. The van der Waals surface area contributed by atoms with Crippen molar-refractivity contribution >= 4 is 45.1 Å². The standard InChI is InChI=1S/C16H20ClNO5S2/c17-12-3-5-14(6-4-12)24-8-1-2-16(20)23-10-15(19)18-13-7-9-25(21,22)11-13/h3-6,13H,1-2,7-11H2,(H,18,19). The summed E-state index contributed by atoms with van der Waals surface area (Å²) in [6.07, 6.45) is 1.27. The fourth-order valence-corrected chi connectivity index (χ4v) is 4.99. The molecular formula is C16H20ClNO5S2. The molecule has 1 aliphatic rings. The molecule has 9 heteroatoms. The van der Waals surface area contributed by atoms with E-state index in [1.165, 1.54) is 0 Å². The molecule has 0 radical (unpaired) electrons. The zero-order valence-corrected chi connectivity index (χ0v) is 16.0. The minimum absolute atomic E-state index is 0.0470. The van der Waals surface area contributed by atoms with E-state index in [2.05, 4.69) is 5.32 Å². The van der Waals surface area contributed by atoms with Crippen molar-refractivity contribution in [3.05, 3.63) is 29.3 Å². The van der Waals surface area contributed by atoms with Crippen molar-refractivity contribution in [3.8, 4) is 0 Å². The first kappa shape index (κ1) is 20.1. The van der Waals surface area contributed by atoms with Crippen LogP contribution >= 0.6 is 23.4 Å². The molecule has 0 spiro atoms. The topological polar surface area (TPSA) is 89.5 Å². The van der Waals surface area contributed by atoms with Gasteiger partial charge >= 0.3 is 5.97 Å². The quantitative estimate of drug-likeness (QED) is 0.404. The summed E-state index contributed by atoms with van der Waals surface area (Å²) >= 11 is 7.42. The van der Waals surface area contributed by atoms with Crippen LogP contribution in [0.1, 0.15) is 19.3 Å². The molecule has 6 nitrogen and oxygen atoms in total. The molecule has 0 aliphatic carbocycles. The number of carbonyl (C=O) groups is 2. The van der Waals surface area contributed by atoms with Crippen LogP contribution in [0.3, 0.4) is 0 Å². The molecule has 2 rings (SSSR count).